The van der Waals surface area contributed by atoms with Crippen molar-refractivity contribution >= 4 is 5.97 Å². The van der Waals surface area contributed by atoms with Crippen molar-refractivity contribution in [2.24, 2.45) is 50.7 Å². The van der Waals surface area contributed by atoms with E-state index in [1.807, 2.05) is 14.0 Å². The second-order valence-corrected chi connectivity index (χ2v) is 15.5. The molecular formula is C31H48O4. The van der Waals surface area contributed by atoms with Gasteiger partial charge in [0.05, 0.1) is 17.6 Å². The minimum absolute atomic E-state index is 0.0419. The smallest absolute Gasteiger partial charge is 0.311 e. The molecule has 7 fully saturated rings. The highest BCUT2D eigenvalue weighted by molar-refractivity contribution is 5.74. The third-order valence-electron chi connectivity index (χ3n) is 14.6. The Bertz CT molecular complexity index is 975. The zero-order valence-electron chi connectivity index (χ0n) is 23.3. The fourth-order valence-corrected chi connectivity index (χ4v) is 12.9. The fraction of sp³-hybridized carbons (Fsp3) is 0.968. The number of fused-ring (bicyclic) bond motifs is 3. The van der Waals surface area contributed by atoms with Gasteiger partial charge in [0, 0.05) is 25.4 Å². The summed E-state index contributed by atoms with van der Waals surface area (Å²) in [4.78, 5) is 12.4. The van der Waals surface area contributed by atoms with Gasteiger partial charge in [-0.15, -0.1) is 0 Å². The molecule has 0 amide bonds. The van der Waals surface area contributed by atoms with Gasteiger partial charge in [0.15, 0.2) is 0 Å². The fourth-order valence-electron chi connectivity index (χ4n) is 12.9. The summed E-state index contributed by atoms with van der Waals surface area (Å²) in [6.45, 7) is 14.7. The zero-order valence-corrected chi connectivity index (χ0v) is 23.3. The Morgan fingerprint density at radius 3 is 2.26 bits per heavy atom. The van der Waals surface area contributed by atoms with Crippen molar-refractivity contribution in [1.29, 1.82) is 0 Å². The standard InChI is InChI=1S/C31H48O4/c1-19-16-30(34-24(19)32)17-20(2)31(35-30)15-12-26(5)22-9-8-21-25(3,4)23(33-7)10-11-28(21)18-29(22,28)14-13-27(26,31)6/h19-23H,8-18H2,1-7H3/t19-,20-,21+,22+,23-,26+,27+,28-,29+,30+,31+/m1/s1. The molecule has 0 unspecified atom stereocenters. The van der Waals surface area contributed by atoms with Crippen LogP contribution >= 0.6 is 0 Å². The van der Waals surface area contributed by atoms with E-state index >= 15 is 0 Å². The number of carbonyl (C=O) groups excluding carboxylic acids is 1. The summed E-state index contributed by atoms with van der Waals surface area (Å²) in [5, 5.41) is 0. The Balaban J connectivity index is 1.24. The third kappa shape index (κ3) is 2.35. The van der Waals surface area contributed by atoms with Gasteiger partial charge in [0.25, 0.3) is 0 Å². The quantitative estimate of drug-likeness (QED) is 0.380. The van der Waals surface area contributed by atoms with Crippen LogP contribution in [0.1, 0.15) is 112 Å². The van der Waals surface area contributed by atoms with Crippen LogP contribution < -0.4 is 0 Å². The highest BCUT2D eigenvalue weighted by Crippen LogP contribution is 2.90. The molecule has 35 heavy (non-hydrogen) atoms. The number of methoxy groups -OCH3 is 1. The Morgan fingerprint density at radius 1 is 0.857 bits per heavy atom. The minimum atomic E-state index is -0.666. The number of ether oxygens (including phenoxy) is 3. The van der Waals surface area contributed by atoms with Crippen LogP contribution in [0.15, 0.2) is 0 Å². The van der Waals surface area contributed by atoms with E-state index in [4.69, 9.17) is 14.2 Å². The van der Waals surface area contributed by atoms with Crippen LogP contribution in [0.5, 0.6) is 0 Å². The topological polar surface area (TPSA) is 44.8 Å². The lowest BCUT2D eigenvalue weighted by Crippen LogP contribution is -2.61. The number of carbonyl (C=O) groups is 1. The van der Waals surface area contributed by atoms with Crippen LogP contribution in [-0.2, 0) is 19.0 Å². The lowest BCUT2D eigenvalue weighted by Gasteiger charge is -2.64. The van der Waals surface area contributed by atoms with Gasteiger partial charge in [-0.2, -0.15) is 0 Å². The summed E-state index contributed by atoms with van der Waals surface area (Å²) in [6.07, 6.45) is 13.9. The Kier molecular flexibility index (Phi) is 4.37. The van der Waals surface area contributed by atoms with Crippen molar-refractivity contribution in [3.05, 3.63) is 0 Å². The second kappa shape index (κ2) is 6.50. The lowest BCUT2D eigenvalue weighted by molar-refractivity contribution is -0.269. The van der Waals surface area contributed by atoms with E-state index in [1.54, 1.807) is 0 Å². The first-order valence-electron chi connectivity index (χ1n) is 14.8. The molecule has 2 aliphatic heterocycles. The van der Waals surface area contributed by atoms with Gasteiger partial charge in [-0.3, -0.25) is 4.79 Å². The lowest BCUT2D eigenvalue weighted by atomic mass is 9.41. The van der Waals surface area contributed by atoms with E-state index in [2.05, 4.69) is 34.6 Å². The molecule has 7 rings (SSSR count). The number of hydrogen-bond donors (Lipinski definition) is 0. The van der Waals surface area contributed by atoms with Gasteiger partial charge in [-0.05, 0) is 97.2 Å². The molecule has 11 atom stereocenters. The average molecular weight is 485 g/mol. The molecule has 5 saturated carbocycles. The summed E-state index contributed by atoms with van der Waals surface area (Å²) in [5.41, 5.74) is 1.66. The zero-order chi connectivity index (χ0) is 24.9. The Morgan fingerprint density at radius 2 is 1.57 bits per heavy atom. The summed E-state index contributed by atoms with van der Waals surface area (Å²) in [5.74, 6) is 1.27. The highest BCUT2D eigenvalue weighted by atomic mass is 16.7. The van der Waals surface area contributed by atoms with E-state index in [1.165, 1.54) is 51.4 Å². The van der Waals surface area contributed by atoms with Gasteiger partial charge < -0.3 is 14.2 Å². The number of rotatable bonds is 1. The maximum Gasteiger partial charge on any atom is 0.311 e. The van der Waals surface area contributed by atoms with Gasteiger partial charge in [0.1, 0.15) is 0 Å². The average Bonchev–Trinajstić information content (AvgIpc) is 3.14. The molecule has 0 aromatic carbocycles. The molecule has 4 spiro atoms. The molecule has 4 heteroatoms. The first-order valence-corrected chi connectivity index (χ1v) is 14.8. The molecule has 0 radical (unpaired) electrons. The van der Waals surface area contributed by atoms with Gasteiger partial charge >= 0.3 is 5.97 Å². The molecule has 2 heterocycles. The molecule has 2 saturated heterocycles. The highest BCUT2D eigenvalue weighted by Gasteiger charge is 2.85. The van der Waals surface area contributed by atoms with Gasteiger partial charge in [-0.1, -0.05) is 41.5 Å². The SMILES string of the molecule is CO[C@@H]1CC[C@]23C[C@]24CC[C@@]2(C)[C@@](C)(CC[C@@]25O[C@@]2(C[C@@H](C)C(=O)O2)C[C@H]5C)[C@@H]4CC[C@H]3C1(C)C. The van der Waals surface area contributed by atoms with E-state index < -0.39 is 5.79 Å². The van der Waals surface area contributed by atoms with E-state index in [0.29, 0.717) is 28.3 Å². The monoisotopic (exact) mass is 484 g/mol. The van der Waals surface area contributed by atoms with Crippen molar-refractivity contribution in [2.75, 3.05) is 7.11 Å². The predicted molar refractivity (Wildman–Crippen MR) is 134 cm³/mol. The molecule has 0 aromatic heterocycles. The molecule has 7 aliphatic rings. The Labute approximate surface area is 212 Å². The summed E-state index contributed by atoms with van der Waals surface area (Å²) in [7, 11) is 1.93. The molecule has 0 bridgehead atoms. The van der Waals surface area contributed by atoms with Crippen molar-refractivity contribution < 1.29 is 19.0 Å². The van der Waals surface area contributed by atoms with Crippen molar-refractivity contribution in [3.63, 3.8) is 0 Å². The Hall–Kier alpha value is -0.610. The van der Waals surface area contributed by atoms with E-state index in [9.17, 15) is 4.79 Å². The van der Waals surface area contributed by atoms with Crippen molar-refractivity contribution in [2.45, 2.75) is 130 Å². The maximum absolute atomic E-state index is 12.4. The third-order valence-corrected chi connectivity index (χ3v) is 14.6. The molecule has 0 aromatic rings. The van der Waals surface area contributed by atoms with Crippen molar-refractivity contribution in [1.82, 2.24) is 0 Å². The molecule has 196 valence electrons. The summed E-state index contributed by atoms with van der Waals surface area (Å²) < 4.78 is 19.2. The van der Waals surface area contributed by atoms with Crippen LogP contribution in [0.25, 0.3) is 0 Å². The van der Waals surface area contributed by atoms with E-state index in [-0.39, 0.29) is 28.3 Å². The largest absolute Gasteiger partial charge is 0.433 e. The molecule has 0 N–H and O–H groups in total. The molecule has 5 aliphatic carbocycles. The van der Waals surface area contributed by atoms with Crippen molar-refractivity contribution in [3.8, 4) is 0 Å². The van der Waals surface area contributed by atoms with Crippen LogP contribution in [0, 0.1) is 50.7 Å². The first kappa shape index (κ1) is 23.5. The first-order chi connectivity index (χ1) is 16.4. The van der Waals surface area contributed by atoms with Crippen LogP contribution in [0.3, 0.4) is 0 Å². The minimum Gasteiger partial charge on any atom is -0.433 e. The predicted octanol–water partition coefficient (Wildman–Crippen LogP) is 6.90. The normalized spacial score (nSPS) is 61.8. The van der Waals surface area contributed by atoms with Crippen LogP contribution in [-0.4, -0.2) is 30.6 Å². The second-order valence-electron chi connectivity index (χ2n) is 15.5. The van der Waals surface area contributed by atoms with E-state index in [0.717, 1.165) is 31.1 Å². The number of hydrogen-bond acceptors (Lipinski definition) is 4. The van der Waals surface area contributed by atoms with Crippen LogP contribution in [0.4, 0.5) is 0 Å². The van der Waals surface area contributed by atoms with Gasteiger partial charge in [-0.25, -0.2) is 0 Å². The number of esters is 1. The molecular weight excluding hydrogens is 436 g/mol. The molecule has 4 nitrogen and oxygen atoms in total. The van der Waals surface area contributed by atoms with Gasteiger partial charge in [0.2, 0.25) is 5.79 Å². The maximum atomic E-state index is 12.4. The summed E-state index contributed by atoms with van der Waals surface area (Å²) >= 11 is 0. The summed E-state index contributed by atoms with van der Waals surface area (Å²) in [6, 6.07) is 0. The van der Waals surface area contributed by atoms with Crippen LogP contribution in [0.2, 0.25) is 0 Å².